The molecule has 0 spiro atoms. The lowest BCUT2D eigenvalue weighted by molar-refractivity contribution is 0.197. The van der Waals surface area contributed by atoms with Crippen molar-refractivity contribution >= 4 is 11.6 Å². The molecular weight excluding hydrogens is 222 g/mol. The Kier molecular flexibility index (Phi) is 5.53. The Morgan fingerprint density at radius 1 is 1.44 bits per heavy atom. The van der Waals surface area contributed by atoms with Gasteiger partial charge in [0.15, 0.2) is 0 Å². The van der Waals surface area contributed by atoms with E-state index in [0.29, 0.717) is 18.0 Å². The van der Waals surface area contributed by atoms with Crippen LogP contribution in [-0.2, 0) is 0 Å². The minimum atomic E-state index is 0.165. The molecule has 16 heavy (non-hydrogen) atoms. The highest BCUT2D eigenvalue weighted by molar-refractivity contribution is 6.29. The Balaban J connectivity index is 2.78. The highest BCUT2D eigenvalue weighted by Gasteiger charge is 2.16. The number of halogens is 1. The second kappa shape index (κ2) is 6.69. The van der Waals surface area contributed by atoms with E-state index >= 15 is 0 Å². The SMILES string of the molecule is C=C(Cl)CN(C)[C@H](CCO)c1ccccc1. The van der Waals surface area contributed by atoms with Crippen LogP contribution in [0.15, 0.2) is 41.9 Å². The summed E-state index contributed by atoms with van der Waals surface area (Å²) in [5.74, 6) is 0. The largest absolute Gasteiger partial charge is 0.396 e. The van der Waals surface area contributed by atoms with Crippen LogP contribution in [0.25, 0.3) is 0 Å². The number of aliphatic hydroxyl groups is 1. The van der Waals surface area contributed by atoms with E-state index in [2.05, 4.69) is 23.6 Å². The van der Waals surface area contributed by atoms with Gasteiger partial charge in [0, 0.05) is 24.2 Å². The molecule has 1 aromatic carbocycles. The molecule has 0 bridgehead atoms. The third kappa shape index (κ3) is 3.97. The molecule has 2 nitrogen and oxygen atoms in total. The van der Waals surface area contributed by atoms with E-state index in [1.54, 1.807) is 0 Å². The van der Waals surface area contributed by atoms with Crippen molar-refractivity contribution in [2.75, 3.05) is 20.2 Å². The molecule has 0 unspecified atom stereocenters. The summed E-state index contributed by atoms with van der Waals surface area (Å²) in [4.78, 5) is 2.10. The van der Waals surface area contributed by atoms with Crippen molar-refractivity contribution in [1.29, 1.82) is 0 Å². The van der Waals surface area contributed by atoms with E-state index in [-0.39, 0.29) is 12.6 Å². The van der Waals surface area contributed by atoms with Gasteiger partial charge in [-0.25, -0.2) is 0 Å². The van der Waals surface area contributed by atoms with E-state index in [4.69, 9.17) is 16.7 Å². The smallest absolute Gasteiger partial charge is 0.0449 e. The van der Waals surface area contributed by atoms with Crippen molar-refractivity contribution in [2.24, 2.45) is 0 Å². The zero-order valence-electron chi connectivity index (χ0n) is 9.56. The van der Waals surface area contributed by atoms with Gasteiger partial charge in [0.05, 0.1) is 0 Å². The van der Waals surface area contributed by atoms with Gasteiger partial charge in [-0.3, -0.25) is 4.90 Å². The summed E-state index contributed by atoms with van der Waals surface area (Å²) in [5, 5.41) is 9.71. The van der Waals surface area contributed by atoms with Crippen LogP contribution in [-0.4, -0.2) is 30.2 Å². The lowest BCUT2D eigenvalue weighted by atomic mass is 10.0. The summed E-state index contributed by atoms with van der Waals surface area (Å²) in [5.41, 5.74) is 1.19. The molecule has 0 aliphatic rings. The maximum atomic E-state index is 9.10. The van der Waals surface area contributed by atoms with E-state index < -0.39 is 0 Å². The quantitative estimate of drug-likeness (QED) is 0.825. The minimum Gasteiger partial charge on any atom is -0.396 e. The highest BCUT2D eigenvalue weighted by atomic mass is 35.5. The van der Waals surface area contributed by atoms with Crippen molar-refractivity contribution in [3.05, 3.63) is 47.5 Å². The van der Waals surface area contributed by atoms with Crippen LogP contribution in [0.4, 0.5) is 0 Å². The van der Waals surface area contributed by atoms with Gasteiger partial charge in [-0.1, -0.05) is 48.5 Å². The van der Waals surface area contributed by atoms with Gasteiger partial charge < -0.3 is 5.11 Å². The van der Waals surface area contributed by atoms with Gasteiger partial charge in [0.2, 0.25) is 0 Å². The van der Waals surface area contributed by atoms with Gasteiger partial charge in [-0.2, -0.15) is 0 Å². The number of nitrogens with zero attached hydrogens (tertiary/aromatic N) is 1. The molecule has 1 rings (SSSR count). The third-order valence-electron chi connectivity index (χ3n) is 2.54. The molecule has 0 aliphatic carbocycles. The van der Waals surface area contributed by atoms with E-state index in [0.717, 1.165) is 0 Å². The summed E-state index contributed by atoms with van der Waals surface area (Å²) in [6, 6.07) is 10.3. The second-order valence-corrected chi connectivity index (χ2v) is 4.41. The molecule has 0 amide bonds. The molecule has 0 fully saturated rings. The number of hydrogen-bond acceptors (Lipinski definition) is 2. The number of benzene rings is 1. The van der Waals surface area contributed by atoms with Crippen molar-refractivity contribution in [3.63, 3.8) is 0 Å². The van der Waals surface area contributed by atoms with Crippen LogP contribution in [0.5, 0.6) is 0 Å². The van der Waals surface area contributed by atoms with Crippen molar-refractivity contribution in [3.8, 4) is 0 Å². The van der Waals surface area contributed by atoms with Crippen molar-refractivity contribution < 1.29 is 5.11 Å². The first-order valence-electron chi connectivity index (χ1n) is 5.34. The van der Waals surface area contributed by atoms with Gasteiger partial charge in [-0.05, 0) is 19.0 Å². The number of hydrogen-bond donors (Lipinski definition) is 1. The van der Waals surface area contributed by atoms with Gasteiger partial charge in [-0.15, -0.1) is 0 Å². The molecule has 0 saturated carbocycles. The molecule has 1 N–H and O–H groups in total. The molecule has 3 heteroatoms. The topological polar surface area (TPSA) is 23.5 Å². The van der Waals surface area contributed by atoms with Gasteiger partial charge in [0.25, 0.3) is 0 Å². The van der Waals surface area contributed by atoms with Crippen LogP contribution < -0.4 is 0 Å². The van der Waals surface area contributed by atoms with Crippen molar-refractivity contribution in [1.82, 2.24) is 4.90 Å². The molecule has 0 radical (unpaired) electrons. The molecule has 1 atom stereocenters. The Morgan fingerprint density at radius 3 is 2.56 bits per heavy atom. The lowest BCUT2D eigenvalue weighted by Crippen LogP contribution is -2.26. The van der Waals surface area contributed by atoms with E-state index in [1.165, 1.54) is 5.56 Å². The van der Waals surface area contributed by atoms with Gasteiger partial charge >= 0.3 is 0 Å². The molecule has 88 valence electrons. The fourth-order valence-corrected chi connectivity index (χ4v) is 2.01. The predicted molar refractivity (Wildman–Crippen MR) is 68.5 cm³/mol. The molecule has 1 aromatic rings. The predicted octanol–water partition coefficient (Wildman–Crippen LogP) is 2.79. The van der Waals surface area contributed by atoms with E-state index in [1.807, 2.05) is 25.2 Å². The first kappa shape index (κ1) is 13.2. The van der Waals surface area contributed by atoms with Crippen LogP contribution in [0.1, 0.15) is 18.0 Å². The summed E-state index contributed by atoms with van der Waals surface area (Å²) >= 11 is 5.81. The second-order valence-electron chi connectivity index (χ2n) is 3.87. The fourth-order valence-electron chi connectivity index (χ4n) is 1.82. The van der Waals surface area contributed by atoms with Crippen LogP contribution in [0, 0.1) is 0 Å². The van der Waals surface area contributed by atoms with Crippen LogP contribution >= 0.6 is 11.6 Å². The van der Waals surface area contributed by atoms with E-state index in [9.17, 15) is 0 Å². The average Bonchev–Trinajstić information content (AvgIpc) is 2.26. The lowest BCUT2D eigenvalue weighted by Gasteiger charge is -2.27. The number of likely N-dealkylation sites (N-methyl/N-ethyl adjacent to an activating group) is 1. The Labute approximate surface area is 102 Å². The summed E-state index contributed by atoms with van der Waals surface area (Å²) < 4.78 is 0. The summed E-state index contributed by atoms with van der Waals surface area (Å²) in [6.07, 6.45) is 0.699. The van der Waals surface area contributed by atoms with Gasteiger partial charge in [0.1, 0.15) is 0 Å². The van der Waals surface area contributed by atoms with Crippen LogP contribution in [0.3, 0.4) is 0 Å². The highest BCUT2D eigenvalue weighted by Crippen LogP contribution is 2.23. The summed E-state index contributed by atoms with van der Waals surface area (Å²) in [7, 11) is 1.99. The first-order valence-corrected chi connectivity index (χ1v) is 5.72. The minimum absolute atomic E-state index is 0.165. The molecule has 0 aromatic heterocycles. The Bertz CT molecular complexity index is 326. The normalized spacial score (nSPS) is 12.8. The Morgan fingerprint density at radius 2 is 2.06 bits per heavy atom. The maximum Gasteiger partial charge on any atom is 0.0449 e. The standard InChI is InChI=1S/C13H18ClNO/c1-11(14)10-15(2)13(8-9-16)12-6-4-3-5-7-12/h3-7,13,16H,1,8-10H2,2H3/t13-/m1/s1. The zero-order chi connectivity index (χ0) is 12.0. The third-order valence-corrected chi connectivity index (χ3v) is 2.66. The Hall–Kier alpha value is -0.830. The maximum absolute atomic E-state index is 9.10. The average molecular weight is 240 g/mol. The van der Waals surface area contributed by atoms with Crippen LogP contribution in [0.2, 0.25) is 0 Å². The molecular formula is C13H18ClNO. The molecule has 0 aliphatic heterocycles. The monoisotopic (exact) mass is 239 g/mol. The fraction of sp³-hybridized carbons (Fsp3) is 0.385. The number of rotatable bonds is 6. The first-order chi connectivity index (χ1) is 7.65. The molecule has 0 heterocycles. The van der Waals surface area contributed by atoms with Crippen molar-refractivity contribution in [2.45, 2.75) is 12.5 Å². The number of aliphatic hydroxyl groups excluding tert-OH is 1. The zero-order valence-corrected chi connectivity index (χ0v) is 10.3. The molecule has 0 saturated heterocycles. The summed E-state index contributed by atoms with van der Waals surface area (Å²) in [6.45, 7) is 4.48.